The number of aliphatic hydroxyl groups is 1. The molecule has 0 radical (unpaired) electrons. The van der Waals surface area contributed by atoms with Gasteiger partial charge in [0.15, 0.2) is 5.82 Å². The highest BCUT2D eigenvalue weighted by molar-refractivity contribution is 5.27. The van der Waals surface area contributed by atoms with E-state index in [1.807, 2.05) is 4.68 Å². The molecule has 130 valence electrons. The van der Waals surface area contributed by atoms with Crippen LogP contribution < -0.4 is 0 Å². The lowest BCUT2D eigenvalue weighted by Gasteiger charge is -2.23. The van der Waals surface area contributed by atoms with Gasteiger partial charge in [-0.15, -0.1) is 0 Å². The van der Waals surface area contributed by atoms with Crippen LogP contribution in [0.15, 0.2) is 30.3 Å². The number of hydrogen-bond donors (Lipinski definition) is 1. The number of aryl methyl sites for hydroxylation is 1. The Labute approximate surface area is 143 Å². The molecule has 0 unspecified atom stereocenters. The van der Waals surface area contributed by atoms with Crippen molar-refractivity contribution in [1.82, 2.24) is 14.8 Å². The highest BCUT2D eigenvalue weighted by atomic mass is 16.5. The molecule has 0 amide bonds. The molecule has 1 saturated carbocycles. The zero-order chi connectivity index (χ0) is 16.8. The first-order valence-corrected chi connectivity index (χ1v) is 8.92. The maximum atomic E-state index is 9.21. The summed E-state index contributed by atoms with van der Waals surface area (Å²) in [6.07, 6.45) is 5.76. The van der Waals surface area contributed by atoms with Crippen molar-refractivity contribution >= 4 is 0 Å². The summed E-state index contributed by atoms with van der Waals surface area (Å²) in [5.74, 6) is 2.63. The van der Waals surface area contributed by atoms with Crippen molar-refractivity contribution in [2.24, 2.45) is 5.92 Å². The summed E-state index contributed by atoms with van der Waals surface area (Å²) in [6.45, 7) is 1.28. The van der Waals surface area contributed by atoms with Crippen LogP contribution in [0.5, 0.6) is 0 Å². The Kier molecular flexibility index (Phi) is 5.99. The maximum Gasteiger partial charge on any atom is 0.176 e. The normalized spacial score (nSPS) is 16.6. The summed E-state index contributed by atoms with van der Waals surface area (Å²) < 4.78 is 7.21. The van der Waals surface area contributed by atoms with E-state index in [0.717, 1.165) is 11.6 Å². The molecule has 5 heteroatoms. The minimum absolute atomic E-state index is 0.165. The Morgan fingerprint density at radius 2 is 2.00 bits per heavy atom. The molecule has 1 heterocycles. The summed E-state index contributed by atoms with van der Waals surface area (Å²) in [5, 5.41) is 13.8. The van der Waals surface area contributed by atoms with Crippen LogP contribution in [-0.4, -0.2) is 33.6 Å². The Morgan fingerprint density at radius 1 is 1.25 bits per heavy atom. The Bertz CT molecular complexity index is 621. The standard InChI is InChI=1S/C19H27N3O2/c1-24-14-17-20-19(22(21-17)12-7-13-23)18(16-10-5-6-11-16)15-8-3-2-4-9-15/h2-4,8-9,16,18,23H,5-7,10-14H2,1H3/t18-/m0/s1. The molecule has 0 bridgehead atoms. The average molecular weight is 329 g/mol. The van der Waals surface area contributed by atoms with Gasteiger partial charge in [-0.3, -0.25) is 0 Å². The number of methoxy groups -OCH3 is 1. The van der Waals surface area contributed by atoms with Gasteiger partial charge in [0, 0.05) is 26.2 Å². The lowest BCUT2D eigenvalue weighted by Crippen LogP contribution is -2.18. The van der Waals surface area contributed by atoms with Gasteiger partial charge in [0.05, 0.1) is 0 Å². The Balaban J connectivity index is 1.99. The van der Waals surface area contributed by atoms with E-state index in [9.17, 15) is 5.11 Å². The number of aliphatic hydroxyl groups excluding tert-OH is 1. The van der Waals surface area contributed by atoms with E-state index in [4.69, 9.17) is 9.72 Å². The Hall–Kier alpha value is -1.72. The fraction of sp³-hybridized carbons (Fsp3) is 0.579. The zero-order valence-corrected chi connectivity index (χ0v) is 14.4. The maximum absolute atomic E-state index is 9.21. The van der Waals surface area contributed by atoms with Crippen molar-refractivity contribution < 1.29 is 9.84 Å². The fourth-order valence-corrected chi connectivity index (χ4v) is 3.79. The minimum Gasteiger partial charge on any atom is -0.396 e. The molecule has 2 aromatic rings. The van der Waals surface area contributed by atoms with Gasteiger partial charge in [0.25, 0.3) is 0 Å². The van der Waals surface area contributed by atoms with Crippen molar-refractivity contribution in [2.45, 2.75) is 51.2 Å². The quantitative estimate of drug-likeness (QED) is 0.808. The molecule has 1 aliphatic rings. The molecule has 0 aliphatic heterocycles. The van der Waals surface area contributed by atoms with Crippen molar-refractivity contribution in [2.75, 3.05) is 13.7 Å². The summed E-state index contributed by atoms with van der Waals surface area (Å²) >= 11 is 0. The second kappa shape index (κ2) is 8.40. The molecule has 1 aliphatic carbocycles. The molecule has 1 aromatic heterocycles. The summed E-state index contributed by atoms with van der Waals surface area (Å²) in [6, 6.07) is 10.7. The largest absolute Gasteiger partial charge is 0.396 e. The molecule has 0 saturated heterocycles. The van der Waals surface area contributed by atoms with Crippen molar-refractivity contribution in [1.29, 1.82) is 0 Å². The van der Waals surface area contributed by atoms with E-state index in [-0.39, 0.29) is 12.5 Å². The molecule has 1 atom stereocenters. The predicted octanol–water partition coefficient (Wildman–Crippen LogP) is 3.13. The van der Waals surface area contributed by atoms with E-state index in [1.54, 1.807) is 7.11 Å². The molecule has 1 aromatic carbocycles. The van der Waals surface area contributed by atoms with Gasteiger partial charge in [-0.1, -0.05) is 43.2 Å². The van der Waals surface area contributed by atoms with Gasteiger partial charge in [-0.2, -0.15) is 5.10 Å². The summed E-state index contributed by atoms with van der Waals surface area (Å²) in [7, 11) is 1.67. The van der Waals surface area contributed by atoms with Gasteiger partial charge in [-0.05, 0) is 30.7 Å². The highest BCUT2D eigenvalue weighted by Gasteiger charge is 2.31. The number of rotatable bonds is 8. The number of nitrogens with zero attached hydrogens (tertiary/aromatic N) is 3. The van der Waals surface area contributed by atoms with Gasteiger partial charge in [-0.25, -0.2) is 9.67 Å². The summed E-state index contributed by atoms with van der Waals surface area (Å²) in [5.41, 5.74) is 1.31. The van der Waals surface area contributed by atoms with Crippen LogP contribution in [0.1, 0.15) is 55.2 Å². The smallest absolute Gasteiger partial charge is 0.176 e. The van der Waals surface area contributed by atoms with Crippen LogP contribution in [0.3, 0.4) is 0 Å². The number of hydrogen-bond acceptors (Lipinski definition) is 4. The molecule has 3 rings (SSSR count). The lowest BCUT2D eigenvalue weighted by molar-refractivity contribution is 0.177. The number of benzene rings is 1. The van der Waals surface area contributed by atoms with Crippen LogP contribution in [-0.2, 0) is 17.9 Å². The SMILES string of the molecule is COCc1nc([C@@H](c2ccccc2)C2CCCC2)n(CCCO)n1. The van der Waals surface area contributed by atoms with Crippen molar-refractivity contribution in [3.63, 3.8) is 0 Å². The van der Waals surface area contributed by atoms with Crippen molar-refractivity contribution in [3.8, 4) is 0 Å². The second-order valence-corrected chi connectivity index (χ2v) is 6.55. The third-order valence-electron chi connectivity index (χ3n) is 4.85. The fourth-order valence-electron chi connectivity index (χ4n) is 3.79. The number of ether oxygens (including phenoxy) is 1. The molecule has 5 nitrogen and oxygen atoms in total. The molecular formula is C19H27N3O2. The third kappa shape index (κ3) is 3.84. The average Bonchev–Trinajstić information content (AvgIpc) is 3.26. The van der Waals surface area contributed by atoms with Crippen LogP contribution in [0.2, 0.25) is 0 Å². The van der Waals surface area contributed by atoms with E-state index in [1.165, 1.54) is 31.2 Å². The van der Waals surface area contributed by atoms with Gasteiger partial charge < -0.3 is 9.84 Å². The first kappa shape index (κ1) is 17.1. The van der Waals surface area contributed by atoms with E-state index in [0.29, 0.717) is 25.5 Å². The van der Waals surface area contributed by atoms with E-state index in [2.05, 4.69) is 35.4 Å². The third-order valence-corrected chi connectivity index (χ3v) is 4.85. The molecular weight excluding hydrogens is 302 g/mol. The van der Waals surface area contributed by atoms with Crippen molar-refractivity contribution in [3.05, 3.63) is 47.5 Å². The summed E-state index contributed by atoms with van der Waals surface area (Å²) in [4.78, 5) is 4.82. The van der Waals surface area contributed by atoms with Gasteiger partial charge in [0.1, 0.15) is 12.4 Å². The van der Waals surface area contributed by atoms with Gasteiger partial charge in [0.2, 0.25) is 0 Å². The first-order chi connectivity index (χ1) is 11.8. The second-order valence-electron chi connectivity index (χ2n) is 6.55. The minimum atomic E-state index is 0.165. The van der Waals surface area contributed by atoms with E-state index >= 15 is 0 Å². The van der Waals surface area contributed by atoms with Gasteiger partial charge >= 0.3 is 0 Å². The predicted molar refractivity (Wildman–Crippen MR) is 92.7 cm³/mol. The van der Waals surface area contributed by atoms with E-state index < -0.39 is 0 Å². The van der Waals surface area contributed by atoms with Crippen LogP contribution in [0.25, 0.3) is 0 Å². The lowest BCUT2D eigenvalue weighted by atomic mass is 9.84. The highest BCUT2D eigenvalue weighted by Crippen LogP contribution is 2.40. The zero-order valence-electron chi connectivity index (χ0n) is 14.4. The number of aromatic nitrogens is 3. The Morgan fingerprint density at radius 3 is 2.67 bits per heavy atom. The van der Waals surface area contributed by atoms with Crippen LogP contribution in [0.4, 0.5) is 0 Å². The topological polar surface area (TPSA) is 60.2 Å². The first-order valence-electron chi connectivity index (χ1n) is 8.92. The monoisotopic (exact) mass is 329 g/mol. The van der Waals surface area contributed by atoms with Crippen LogP contribution >= 0.6 is 0 Å². The molecule has 1 N–H and O–H groups in total. The molecule has 0 spiro atoms. The molecule has 1 fully saturated rings. The molecule has 24 heavy (non-hydrogen) atoms. The van der Waals surface area contributed by atoms with Crippen LogP contribution in [0, 0.1) is 5.92 Å².